The van der Waals surface area contributed by atoms with E-state index in [1.54, 1.807) is 4.90 Å². The average molecular weight is 300 g/mol. The summed E-state index contributed by atoms with van der Waals surface area (Å²) in [6.07, 6.45) is 0.113. The molecule has 21 heavy (non-hydrogen) atoms. The number of nitrogens with zero attached hydrogens (tertiary/aromatic N) is 2. The van der Waals surface area contributed by atoms with Crippen molar-refractivity contribution in [2.75, 3.05) is 39.3 Å². The molecule has 0 aromatic carbocycles. The number of hydrogen-bond donors (Lipinski definition) is 3. The summed E-state index contributed by atoms with van der Waals surface area (Å²) < 4.78 is 0. The number of nitrogens with one attached hydrogen (secondary N) is 2. The van der Waals surface area contributed by atoms with Crippen molar-refractivity contribution in [1.29, 1.82) is 0 Å². The fourth-order valence-electron chi connectivity index (χ4n) is 2.07. The van der Waals surface area contributed by atoms with Gasteiger partial charge >= 0.3 is 12.0 Å². The molecule has 3 N–H and O–H groups in total. The summed E-state index contributed by atoms with van der Waals surface area (Å²) in [5.41, 5.74) is 0. The second-order valence-corrected chi connectivity index (χ2v) is 5.35. The quantitative estimate of drug-likeness (QED) is 0.603. The molecule has 0 unspecified atom stereocenters. The van der Waals surface area contributed by atoms with Gasteiger partial charge < -0.3 is 20.6 Å². The molecular weight excluding hydrogens is 276 g/mol. The van der Waals surface area contributed by atoms with Gasteiger partial charge in [0.05, 0.1) is 13.0 Å². The summed E-state index contributed by atoms with van der Waals surface area (Å²) in [6.45, 7) is 6.57. The lowest BCUT2D eigenvalue weighted by molar-refractivity contribution is -0.137. The van der Waals surface area contributed by atoms with Crippen molar-refractivity contribution >= 4 is 17.9 Å². The zero-order valence-electron chi connectivity index (χ0n) is 12.6. The third kappa shape index (κ3) is 6.94. The molecule has 0 bridgehead atoms. The van der Waals surface area contributed by atoms with E-state index in [4.69, 9.17) is 5.11 Å². The zero-order valence-corrected chi connectivity index (χ0v) is 12.6. The molecule has 120 valence electrons. The van der Waals surface area contributed by atoms with Crippen LogP contribution >= 0.6 is 0 Å². The first-order valence-corrected chi connectivity index (χ1v) is 7.14. The Kier molecular flexibility index (Phi) is 6.93. The summed E-state index contributed by atoms with van der Waals surface area (Å²) in [7, 11) is 0. The minimum Gasteiger partial charge on any atom is -0.481 e. The van der Waals surface area contributed by atoms with Gasteiger partial charge in [0.15, 0.2) is 0 Å². The Hall–Kier alpha value is -1.83. The molecule has 1 heterocycles. The Labute approximate surface area is 124 Å². The number of carbonyl (C=O) groups is 3. The van der Waals surface area contributed by atoms with Gasteiger partial charge in [-0.25, -0.2) is 4.79 Å². The molecule has 0 saturated carbocycles. The van der Waals surface area contributed by atoms with E-state index in [1.165, 1.54) is 0 Å². The van der Waals surface area contributed by atoms with Crippen LogP contribution in [0.25, 0.3) is 0 Å². The third-order valence-corrected chi connectivity index (χ3v) is 3.15. The normalized spacial score (nSPS) is 15.9. The van der Waals surface area contributed by atoms with Crippen molar-refractivity contribution in [2.45, 2.75) is 26.3 Å². The Morgan fingerprint density at radius 2 is 1.76 bits per heavy atom. The van der Waals surface area contributed by atoms with Gasteiger partial charge in [0.2, 0.25) is 5.91 Å². The number of carboxylic acid groups (broad SMARTS) is 1. The van der Waals surface area contributed by atoms with Gasteiger partial charge in [-0.3, -0.25) is 14.5 Å². The lowest BCUT2D eigenvalue weighted by Gasteiger charge is -2.34. The predicted molar refractivity (Wildman–Crippen MR) is 76.9 cm³/mol. The van der Waals surface area contributed by atoms with E-state index in [0.29, 0.717) is 32.7 Å². The first kappa shape index (κ1) is 17.2. The maximum atomic E-state index is 11.9. The summed E-state index contributed by atoms with van der Waals surface area (Å²) in [4.78, 5) is 37.5. The van der Waals surface area contributed by atoms with Crippen LogP contribution in [0.15, 0.2) is 0 Å². The lowest BCUT2D eigenvalue weighted by atomic mass is 10.3. The molecule has 0 radical (unpaired) electrons. The minimum atomic E-state index is -0.814. The van der Waals surface area contributed by atoms with E-state index < -0.39 is 5.97 Å². The fourth-order valence-corrected chi connectivity index (χ4v) is 2.07. The largest absolute Gasteiger partial charge is 0.481 e. The molecule has 3 amide bonds. The van der Waals surface area contributed by atoms with Crippen molar-refractivity contribution in [3.8, 4) is 0 Å². The molecule has 8 nitrogen and oxygen atoms in total. The maximum Gasteiger partial charge on any atom is 0.317 e. The Morgan fingerprint density at radius 1 is 1.14 bits per heavy atom. The van der Waals surface area contributed by atoms with Gasteiger partial charge in [0, 0.05) is 38.8 Å². The number of piperazine rings is 1. The first-order valence-electron chi connectivity index (χ1n) is 7.14. The smallest absolute Gasteiger partial charge is 0.317 e. The van der Waals surface area contributed by atoms with E-state index in [0.717, 1.165) is 0 Å². The van der Waals surface area contributed by atoms with Crippen LogP contribution in [0.3, 0.4) is 0 Å². The number of amides is 3. The molecule has 0 spiro atoms. The van der Waals surface area contributed by atoms with E-state index in [2.05, 4.69) is 10.6 Å². The summed E-state index contributed by atoms with van der Waals surface area (Å²) >= 11 is 0. The van der Waals surface area contributed by atoms with Crippen LogP contribution in [0.2, 0.25) is 0 Å². The monoisotopic (exact) mass is 300 g/mol. The van der Waals surface area contributed by atoms with Gasteiger partial charge in [-0.15, -0.1) is 0 Å². The standard InChI is InChI=1S/C13H24N4O4/c1-10(2)15-11(18)9-14-13(21)17-7-5-16(6-8-17)4-3-12(19)20/h10H,3-9H2,1-2H3,(H,14,21)(H,15,18)(H,19,20). The van der Waals surface area contributed by atoms with Crippen LogP contribution in [0, 0.1) is 0 Å². The number of aliphatic carboxylic acids is 1. The average Bonchev–Trinajstić information content (AvgIpc) is 2.42. The van der Waals surface area contributed by atoms with Crippen molar-refractivity contribution in [2.24, 2.45) is 0 Å². The minimum absolute atomic E-state index is 0.0315. The van der Waals surface area contributed by atoms with Crippen LogP contribution in [-0.4, -0.2) is 78.1 Å². The highest BCUT2D eigenvalue weighted by atomic mass is 16.4. The van der Waals surface area contributed by atoms with E-state index in [-0.39, 0.29) is 30.9 Å². The number of carboxylic acids is 1. The molecule has 0 atom stereocenters. The summed E-state index contributed by atoms with van der Waals surface area (Å²) in [6, 6.07) is -0.209. The lowest BCUT2D eigenvalue weighted by Crippen LogP contribution is -2.53. The predicted octanol–water partition coefficient (Wildman–Crippen LogP) is -0.687. The summed E-state index contributed by atoms with van der Waals surface area (Å²) in [5, 5.41) is 13.9. The number of rotatable bonds is 6. The van der Waals surface area contributed by atoms with Gasteiger partial charge in [0.1, 0.15) is 0 Å². The molecule has 0 aromatic rings. The number of carbonyl (C=O) groups excluding carboxylic acids is 2. The van der Waals surface area contributed by atoms with E-state index in [9.17, 15) is 14.4 Å². The maximum absolute atomic E-state index is 11.9. The van der Waals surface area contributed by atoms with Crippen LogP contribution in [0.1, 0.15) is 20.3 Å². The topological polar surface area (TPSA) is 102 Å². The highest BCUT2D eigenvalue weighted by molar-refractivity contribution is 5.84. The van der Waals surface area contributed by atoms with Crippen molar-refractivity contribution < 1.29 is 19.5 Å². The van der Waals surface area contributed by atoms with Gasteiger partial charge in [-0.1, -0.05) is 0 Å². The second-order valence-electron chi connectivity index (χ2n) is 5.35. The zero-order chi connectivity index (χ0) is 15.8. The van der Waals surface area contributed by atoms with Crippen molar-refractivity contribution in [1.82, 2.24) is 20.4 Å². The Bertz CT molecular complexity index is 378. The molecule has 1 aliphatic rings. The van der Waals surface area contributed by atoms with Crippen LogP contribution < -0.4 is 10.6 Å². The number of urea groups is 1. The van der Waals surface area contributed by atoms with Crippen LogP contribution in [0.5, 0.6) is 0 Å². The first-order chi connectivity index (χ1) is 9.88. The van der Waals surface area contributed by atoms with Gasteiger partial charge in [-0.2, -0.15) is 0 Å². The Balaban J connectivity index is 2.22. The fraction of sp³-hybridized carbons (Fsp3) is 0.769. The molecule has 8 heteroatoms. The Morgan fingerprint density at radius 3 is 2.29 bits per heavy atom. The van der Waals surface area contributed by atoms with Crippen LogP contribution in [0.4, 0.5) is 4.79 Å². The highest BCUT2D eigenvalue weighted by Gasteiger charge is 2.21. The highest BCUT2D eigenvalue weighted by Crippen LogP contribution is 2.02. The second kappa shape index (κ2) is 8.46. The van der Waals surface area contributed by atoms with Gasteiger partial charge in [-0.05, 0) is 13.8 Å². The van der Waals surface area contributed by atoms with E-state index in [1.807, 2.05) is 18.7 Å². The molecule has 1 rings (SSSR count). The molecule has 0 aromatic heterocycles. The molecule has 1 saturated heterocycles. The number of hydrogen-bond acceptors (Lipinski definition) is 4. The van der Waals surface area contributed by atoms with Crippen molar-refractivity contribution in [3.05, 3.63) is 0 Å². The van der Waals surface area contributed by atoms with E-state index >= 15 is 0 Å². The molecule has 0 aliphatic carbocycles. The molecular formula is C13H24N4O4. The van der Waals surface area contributed by atoms with Crippen LogP contribution in [-0.2, 0) is 9.59 Å². The molecule has 1 aliphatic heterocycles. The van der Waals surface area contributed by atoms with Gasteiger partial charge in [0.25, 0.3) is 0 Å². The SMILES string of the molecule is CC(C)NC(=O)CNC(=O)N1CCN(CCC(=O)O)CC1. The third-order valence-electron chi connectivity index (χ3n) is 3.15. The van der Waals surface area contributed by atoms with Crippen molar-refractivity contribution in [3.63, 3.8) is 0 Å². The summed E-state index contributed by atoms with van der Waals surface area (Å²) in [5.74, 6) is -1.02. The molecule has 1 fully saturated rings.